The Morgan fingerprint density at radius 2 is 1.71 bits per heavy atom. The largest absolute Gasteiger partial charge is 0.296 e. The van der Waals surface area contributed by atoms with Gasteiger partial charge in [0.05, 0.1) is 0 Å². The first-order valence-electron chi connectivity index (χ1n) is 7.45. The van der Waals surface area contributed by atoms with Crippen molar-refractivity contribution in [2.24, 2.45) is 0 Å². The van der Waals surface area contributed by atoms with Crippen molar-refractivity contribution in [3.63, 3.8) is 0 Å². The van der Waals surface area contributed by atoms with E-state index in [1.54, 1.807) is 11.8 Å². The lowest BCUT2D eigenvalue weighted by Crippen LogP contribution is -2.39. The van der Waals surface area contributed by atoms with Crippen molar-refractivity contribution < 1.29 is 0 Å². The van der Waals surface area contributed by atoms with Gasteiger partial charge in [-0.25, -0.2) is 5.32 Å². The van der Waals surface area contributed by atoms with E-state index in [2.05, 4.69) is 65.0 Å². The van der Waals surface area contributed by atoms with E-state index in [0.717, 1.165) is 32.7 Å². The number of piperazine rings is 1. The zero-order valence-corrected chi connectivity index (χ0v) is 13.3. The van der Waals surface area contributed by atoms with Crippen LogP contribution in [0.3, 0.4) is 0 Å². The van der Waals surface area contributed by atoms with Gasteiger partial charge in [0.25, 0.3) is 0 Å². The highest BCUT2D eigenvalue weighted by molar-refractivity contribution is 7.98. The van der Waals surface area contributed by atoms with Crippen molar-refractivity contribution in [1.82, 2.24) is 10.2 Å². The van der Waals surface area contributed by atoms with Crippen LogP contribution >= 0.6 is 11.8 Å². The normalized spacial score (nSPS) is 16.0. The van der Waals surface area contributed by atoms with Crippen LogP contribution in [0.2, 0.25) is 0 Å². The predicted molar refractivity (Wildman–Crippen MR) is 90.8 cm³/mol. The second-order valence-corrected chi connectivity index (χ2v) is 6.21. The van der Waals surface area contributed by atoms with E-state index in [0.29, 0.717) is 0 Å². The maximum absolute atomic E-state index is 4.42. The number of hydrogen-bond donors (Lipinski definition) is 0. The molecule has 3 rings (SSSR count). The summed E-state index contributed by atoms with van der Waals surface area (Å²) in [5.41, 5.74) is 4.08. The first kappa shape index (κ1) is 14.6. The summed E-state index contributed by atoms with van der Waals surface area (Å²) in [7, 11) is 0. The van der Waals surface area contributed by atoms with Crippen LogP contribution in [0.1, 0.15) is 5.56 Å². The molecule has 0 atom stereocenters. The van der Waals surface area contributed by atoms with Crippen LogP contribution in [0.15, 0.2) is 53.4 Å². The molecule has 2 aromatic rings. The van der Waals surface area contributed by atoms with E-state index >= 15 is 0 Å². The monoisotopic (exact) mass is 297 g/mol. The van der Waals surface area contributed by atoms with E-state index < -0.39 is 0 Å². The van der Waals surface area contributed by atoms with Crippen LogP contribution in [-0.2, 0) is 6.54 Å². The average molecular weight is 297 g/mol. The first-order valence-corrected chi connectivity index (χ1v) is 8.67. The molecule has 0 spiro atoms. The van der Waals surface area contributed by atoms with Crippen LogP contribution in [0.25, 0.3) is 11.1 Å². The molecule has 1 fully saturated rings. The molecule has 3 heteroatoms. The number of rotatable bonds is 4. The van der Waals surface area contributed by atoms with Crippen molar-refractivity contribution in [1.29, 1.82) is 0 Å². The van der Waals surface area contributed by atoms with Crippen LogP contribution in [0.4, 0.5) is 0 Å². The van der Waals surface area contributed by atoms with Crippen molar-refractivity contribution in [3.05, 3.63) is 54.1 Å². The molecule has 0 aliphatic carbocycles. The van der Waals surface area contributed by atoms with Gasteiger partial charge in [0.15, 0.2) is 0 Å². The topological polar surface area (TPSA) is 17.3 Å². The summed E-state index contributed by atoms with van der Waals surface area (Å²) in [4.78, 5) is 3.82. The molecular formula is C18H21N2S. The second kappa shape index (κ2) is 7.12. The molecule has 109 valence electrons. The minimum Gasteiger partial charge on any atom is -0.296 e. The van der Waals surface area contributed by atoms with Gasteiger partial charge in [-0.1, -0.05) is 36.4 Å². The maximum Gasteiger partial charge on any atom is 0.0261 e. The Morgan fingerprint density at radius 3 is 2.43 bits per heavy atom. The molecule has 0 aromatic heterocycles. The molecule has 1 aliphatic rings. The fraction of sp³-hybridized carbons (Fsp3) is 0.333. The number of benzene rings is 2. The van der Waals surface area contributed by atoms with Gasteiger partial charge in [-0.05, 0) is 35.1 Å². The number of thioether (sulfide) groups is 1. The Kier molecular flexibility index (Phi) is 4.96. The zero-order valence-electron chi connectivity index (χ0n) is 12.5. The average Bonchev–Trinajstić information content (AvgIpc) is 2.56. The molecule has 0 amide bonds. The Labute approximate surface area is 131 Å². The van der Waals surface area contributed by atoms with Crippen LogP contribution in [0.5, 0.6) is 0 Å². The van der Waals surface area contributed by atoms with Crippen molar-refractivity contribution >= 4 is 11.8 Å². The van der Waals surface area contributed by atoms with Gasteiger partial charge in [0.2, 0.25) is 0 Å². The van der Waals surface area contributed by atoms with Crippen molar-refractivity contribution in [3.8, 4) is 11.1 Å². The SMILES string of the molecule is CSc1ccc(-c2ccccc2CN2CC[N]CC2)cc1. The molecule has 0 N–H and O–H groups in total. The first-order chi connectivity index (χ1) is 10.4. The summed E-state index contributed by atoms with van der Waals surface area (Å²) in [6.07, 6.45) is 2.12. The standard InChI is InChI=1S/C18H21N2S/c1-21-17-8-6-15(7-9-17)18-5-3-2-4-16(18)14-20-12-10-19-11-13-20/h2-9H,10-14H2,1H3. The van der Waals surface area contributed by atoms with E-state index in [9.17, 15) is 0 Å². The Balaban J connectivity index is 1.83. The Bertz CT molecular complexity index is 574. The number of hydrogen-bond acceptors (Lipinski definition) is 2. The Morgan fingerprint density at radius 1 is 1.00 bits per heavy atom. The predicted octanol–water partition coefficient (Wildman–Crippen LogP) is 3.50. The van der Waals surface area contributed by atoms with E-state index in [-0.39, 0.29) is 0 Å². The minimum absolute atomic E-state index is 0.977. The van der Waals surface area contributed by atoms with Crippen LogP contribution < -0.4 is 5.32 Å². The summed E-state index contributed by atoms with van der Waals surface area (Å²) >= 11 is 1.79. The molecule has 0 bridgehead atoms. The third-order valence-electron chi connectivity index (χ3n) is 3.96. The summed E-state index contributed by atoms with van der Waals surface area (Å²) in [5, 5.41) is 4.42. The lowest BCUT2D eigenvalue weighted by Gasteiger charge is -2.27. The fourth-order valence-corrected chi connectivity index (χ4v) is 3.17. The summed E-state index contributed by atoms with van der Waals surface area (Å²) in [6, 6.07) is 17.6. The highest BCUT2D eigenvalue weighted by atomic mass is 32.2. The van der Waals surface area contributed by atoms with E-state index in [1.807, 2.05) is 0 Å². The van der Waals surface area contributed by atoms with Crippen LogP contribution in [0, 0.1) is 0 Å². The van der Waals surface area contributed by atoms with Gasteiger partial charge in [-0.15, -0.1) is 11.8 Å². The Hall–Kier alpha value is -1.29. The molecule has 2 aromatic carbocycles. The summed E-state index contributed by atoms with van der Waals surface area (Å²) < 4.78 is 0. The lowest BCUT2D eigenvalue weighted by atomic mass is 9.99. The molecular weight excluding hydrogens is 276 g/mol. The van der Waals surface area contributed by atoms with Crippen molar-refractivity contribution in [2.75, 3.05) is 32.4 Å². The van der Waals surface area contributed by atoms with Gasteiger partial charge in [0, 0.05) is 37.6 Å². The van der Waals surface area contributed by atoms with Gasteiger partial charge in [-0.3, -0.25) is 4.90 Å². The summed E-state index contributed by atoms with van der Waals surface area (Å²) in [5.74, 6) is 0. The lowest BCUT2D eigenvalue weighted by molar-refractivity contribution is 0.231. The molecule has 1 aliphatic heterocycles. The molecule has 1 heterocycles. The summed E-state index contributed by atoms with van der Waals surface area (Å²) in [6.45, 7) is 5.14. The highest BCUT2D eigenvalue weighted by Crippen LogP contribution is 2.27. The smallest absolute Gasteiger partial charge is 0.0261 e. The third kappa shape index (κ3) is 3.67. The van der Waals surface area contributed by atoms with Gasteiger partial charge in [0.1, 0.15) is 0 Å². The quantitative estimate of drug-likeness (QED) is 0.804. The molecule has 2 nitrogen and oxygen atoms in total. The van der Waals surface area contributed by atoms with Gasteiger partial charge < -0.3 is 0 Å². The highest BCUT2D eigenvalue weighted by Gasteiger charge is 2.13. The van der Waals surface area contributed by atoms with E-state index in [1.165, 1.54) is 21.6 Å². The number of nitrogens with zero attached hydrogens (tertiary/aromatic N) is 2. The van der Waals surface area contributed by atoms with E-state index in [4.69, 9.17) is 0 Å². The van der Waals surface area contributed by atoms with Crippen LogP contribution in [-0.4, -0.2) is 37.3 Å². The minimum atomic E-state index is 0.977. The molecule has 0 unspecified atom stereocenters. The molecule has 1 radical (unpaired) electrons. The van der Waals surface area contributed by atoms with Crippen molar-refractivity contribution in [2.45, 2.75) is 11.4 Å². The molecule has 1 saturated heterocycles. The zero-order chi connectivity index (χ0) is 14.5. The maximum atomic E-state index is 4.42. The second-order valence-electron chi connectivity index (χ2n) is 5.33. The molecule has 21 heavy (non-hydrogen) atoms. The third-order valence-corrected chi connectivity index (χ3v) is 4.70. The van der Waals surface area contributed by atoms with Gasteiger partial charge >= 0.3 is 0 Å². The fourth-order valence-electron chi connectivity index (χ4n) is 2.76. The molecule has 0 saturated carbocycles. The van der Waals surface area contributed by atoms with Gasteiger partial charge in [-0.2, -0.15) is 0 Å².